The van der Waals surface area contributed by atoms with Crippen LogP contribution >= 0.6 is 0 Å². The fraction of sp³-hybridized carbons (Fsp3) is 0.500. The third-order valence-corrected chi connectivity index (χ3v) is 7.06. The van der Waals surface area contributed by atoms with Crippen LogP contribution in [0.2, 0.25) is 0 Å². The molecule has 4 heterocycles. The van der Waals surface area contributed by atoms with Crippen molar-refractivity contribution in [1.82, 2.24) is 28.7 Å². The monoisotopic (exact) mass is 442 g/mol. The third-order valence-electron chi connectivity index (χ3n) is 5.20. The summed E-state index contributed by atoms with van der Waals surface area (Å²) in [4.78, 5) is 4.20. The molecule has 0 saturated carbocycles. The number of sulfonamides is 1. The lowest BCUT2D eigenvalue weighted by molar-refractivity contribution is -0.142. The van der Waals surface area contributed by atoms with Crippen LogP contribution in [0.15, 0.2) is 29.4 Å². The summed E-state index contributed by atoms with van der Waals surface area (Å²) in [5.41, 5.74) is -0.434. The highest BCUT2D eigenvalue weighted by molar-refractivity contribution is 7.89. The summed E-state index contributed by atoms with van der Waals surface area (Å²) < 4.78 is 70.5. The van der Waals surface area contributed by atoms with Crippen molar-refractivity contribution in [3.63, 3.8) is 0 Å². The molecule has 1 saturated heterocycles. The number of hydrogen-bond donors (Lipinski definition) is 0. The number of rotatable bonds is 4. The van der Waals surface area contributed by atoms with E-state index in [9.17, 15) is 21.6 Å². The zero-order valence-electron chi connectivity index (χ0n) is 16.5. The van der Waals surface area contributed by atoms with Gasteiger partial charge in [-0.3, -0.25) is 4.68 Å². The molecule has 12 heteroatoms. The van der Waals surface area contributed by atoms with Crippen LogP contribution in [0.1, 0.15) is 49.3 Å². The van der Waals surface area contributed by atoms with Crippen molar-refractivity contribution in [2.24, 2.45) is 0 Å². The minimum atomic E-state index is -4.61. The molecule has 1 atom stereocenters. The number of halogens is 3. The molecule has 0 aliphatic carbocycles. The van der Waals surface area contributed by atoms with E-state index < -0.39 is 27.9 Å². The molecule has 0 N–H and O–H groups in total. The summed E-state index contributed by atoms with van der Waals surface area (Å²) in [6.07, 6.45) is 0.0133. The zero-order chi connectivity index (χ0) is 21.7. The van der Waals surface area contributed by atoms with Crippen LogP contribution in [0.25, 0.3) is 5.65 Å². The molecule has 1 fully saturated rings. The molecule has 0 spiro atoms. The smallest absolute Gasteiger partial charge is 0.272 e. The Morgan fingerprint density at radius 3 is 2.67 bits per heavy atom. The summed E-state index contributed by atoms with van der Waals surface area (Å²) in [6.45, 7) is 4.11. The first kappa shape index (κ1) is 20.8. The fourth-order valence-corrected chi connectivity index (χ4v) is 5.38. The second-order valence-corrected chi connectivity index (χ2v) is 9.17. The highest BCUT2D eigenvalue weighted by Gasteiger charge is 2.38. The molecule has 3 aromatic heterocycles. The van der Waals surface area contributed by atoms with Gasteiger partial charge in [-0.25, -0.2) is 17.9 Å². The van der Waals surface area contributed by atoms with Crippen LogP contribution in [0.3, 0.4) is 0 Å². The van der Waals surface area contributed by atoms with Gasteiger partial charge in [0.25, 0.3) is 0 Å². The Bertz CT molecular complexity index is 1180. The molecule has 0 radical (unpaired) electrons. The molecule has 30 heavy (non-hydrogen) atoms. The lowest BCUT2D eigenvalue weighted by Gasteiger charge is -2.33. The molecule has 0 aromatic carbocycles. The normalized spacial score (nSPS) is 18.9. The number of hydrogen-bond acceptors (Lipinski definition) is 5. The Morgan fingerprint density at radius 2 is 2.00 bits per heavy atom. The third kappa shape index (κ3) is 3.58. The van der Waals surface area contributed by atoms with Gasteiger partial charge in [-0.15, -0.1) is 0 Å². The quantitative estimate of drug-likeness (QED) is 0.620. The van der Waals surface area contributed by atoms with Crippen molar-refractivity contribution >= 4 is 15.7 Å². The maximum absolute atomic E-state index is 13.5. The molecule has 1 aliphatic rings. The number of aryl methyl sites for hydroxylation is 2. The van der Waals surface area contributed by atoms with Crippen LogP contribution in [0.4, 0.5) is 13.2 Å². The molecule has 0 amide bonds. The Hall–Kier alpha value is -2.47. The average molecular weight is 442 g/mol. The van der Waals surface area contributed by atoms with E-state index in [1.165, 1.54) is 34.4 Å². The Morgan fingerprint density at radius 1 is 1.23 bits per heavy atom. The van der Waals surface area contributed by atoms with Crippen molar-refractivity contribution in [2.75, 3.05) is 6.54 Å². The summed E-state index contributed by atoms with van der Waals surface area (Å²) in [5, 5.41) is 8.16. The Balaban J connectivity index is 1.79. The SMILES string of the molecule is CCn1cc(S(=O)(=O)N2CCCC[C@@H]2c2cc3nc(C)cc(C(F)(F)F)n3n2)cn1. The first-order valence-electron chi connectivity index (χ1n) is 9.60. The summed E-state index contributed by atoms with van der Waals surface area (Å²) in [7, 11) is -3.87. The van der Waals surface area contributed by atoms with Crippen molar-refractivity contribution in [3.8, 4) is 0 Å². The van der Waals surface area contributed by atoms with E-state index in [1.54, 1.807) is 0 Å². The van der Waals surface area contributed by atoms with E-state index in [2.05, 4.69) is 15.2 Å². The topological polar surface area (TPSA) is 85.4 Å². The summed E-state index contributed by atoms with van der Waals surface area (Å²) >= 11 is 0. The minimum absolute atomic E-state index is 0.0408. The Labute approximate surface area is 171 Å². The molecule has 162 valence electrons. The van der Waals surface area contributed by atoms with E-state index in [0.29, 0.717) is 19.4 Å². The standard InChI is InChI=1S/C18H21F3N6O2S/c1-3-25-11-13(10-22-25)30(28,29)26-7-5-4-6-15(26)14-9-17-23-12(2)8-16(18(19,20)21)27(17)24-14/h8-11,15H,3-7H2,1-2H3/t15-/m1/s1. The van der Waals surface area contributed by atoms with E-state index in [-0.39, 0.29) is 28.5 Å². The molecule has 0 bridgehead atoms. The predicted octanol–water partition coefficient (Wildman–Crippen LogP) is 3.19. The molecule has 8 nitrogen and oxygen atoms in total. The second-order valence-electron chi connectivity index (χ2n) is 7.28. The molecule has 3 aromatic rings. The van der Waals surface area contributed by atoms with Gasteiger partial charge in [-0.05, 0) is 32.8 Å². The van der Waals surface area contributed by atoms with Crippen molar-refractivity contribution in [3.05, 3.63) is 41.6 Å². The molecule has 1 aliphatic heterocycles. The van der Waals surface area contributed by atoms with Gasteiger partial charge in [0.1, 0.15) is 10.6 Å². The molecule has 4 rings (SSSR count). The Kier molecular flexibility index (Phi) is 5.09. The fourth-order valence-electron chi connectivity index (χ4n) is 3.76. The first-order valence-corrected chi connectivity index (χ1v) is 11.0. The van der Waals surface area contributed by atoms with Crippen molar-refractivity contribution in [2.45, 2.75) is 56.8 Å². The lowest BCUT2D eigenvalue weighted by Crippen LogP contribution is -2.38. The molecular formula is C18H21F3N6O2S. The van der Waals surface area contributed by atoms with E-state index in [0.717, 1.165) is 17.0 Å². The largest absolute Gasteiger partial charge is 0.433 e. The van der Waals surface area contributed by atoms with Gasteiger partial charge in [0.05, 0.1) is 17.9 Å². The average Bonchev–Trinajstić information content (AvgIpc) is 3.33. The van der Waals surface area contributed by atoms with E-state index >= 15 is 0 Å². The van der Waals surface area contributed by atoms with E-state index in [1.807, 2.05) is 6.92 Å². The number of alkyl halides is 3. The van der Waals surface area contributed by atoms with Crippen molar-refractivity contribution in [1.29, 1.82) is 0 Å². The van der Waals surface area contributed by atoms with Crippen molar-refractivity contribution < 1.29 is 21.6 Å². The number of piperidine rings is 1. The first-order chi connectivity index (χ1) is 14.1. The minimum Gasteiger partial charge on any atom is -0.272 e. The zero-order valence-corrected chi connectivity index (χ0v) is 17.3. The van der Waals surface area contributed by atoms with Crippen LogP contribution in [0, 0.1) is 6.92 Å². The number of fused-ring (bicyclic) bond motifs is 1. The summed E-state index contributed by atoms with van der Waals surface area (Å²) in [6, 6.07) is 1.70. The highest BCUT2D eigenvalue weighted by Crippen LogP contribution is 2.36. The van der Waals surface area contributed by atoms with Gasteiger partial charge >= 0.3 is 6.18 Å². The van der Waals surface area contributed by atoms with E-state index in [4.69, 9.17) is 0 Å². The van der Waals surface area contributed by atoms with Crippen LogP contribution in [-0.2, 0) is 22.7 Å². The maximum atomic E-state index is 13.5. The number of nitrogens with zero attached hydrogens (tertiary/aromatic N) is 6. The van der Waals surface area contributed by atoms with Gasteiger partial charge in [0, 0.05) is 31.0 Å². The van der Waals surface area contributed by atoms with Gasteiger partial charge < -0.3 is 0 Å². The maximum Gasteiger partial charge on any atom is 0.433 e. The highest BCUT2D eigenvalue weighted by atomic mass is 32.2. The van der Waals surface area contributed by atoms with Gasteiger partial charge in [-0.1, -0.05) is 6.42 Å². The lowest BCUT2D eigenvalue weighted by atomic mass is 10.0. The number of aromatic nitrogens is 5. The molecular weight excluding hydrogens is 421 g/mol. The summed E-state index contributed by atoms with van der Waals surface area (Å²) in [5.74, 6) is 0. The second kappa shape index (κ2) is 7.34. The van der Waals surface area contributed by atoms with Crippen LogP contribution in [0.5, 0.6) is 0 Å². The van der Waals surface area contributed by atoms with Gasteiger partial charge in [0.2, 0.25) is 10.0 Å². The van der Waals surface area contributed by atoms with Gasteiger partial charge in [-0.2, -0.15) is 27.7 Å². The van der Waals surface area contributed by atoms with Gasteiger partial charge in [0.15, 0.2) is 5.65 Å². The molecule has 0 unspecified atom stereocenters. The van der Waals surface area contributed by atoms with Crippen LogP contribution in [-0.4, -0.2) is 43.6 Å². The van der Waals surface area contributed by atoms with Crippen LogP contribution < -0.4 is 0 Å². The predicted molar refractivity (Wildman–Crippen MR) is 101 cm³/mol.